The number of hydrogen-bond acceptors (Lipinski definition) is 3. The maximum Gasteiger partial charge on any atom is 0.341 e. The van der Waals surface area contributed by atoms with Gasteiger partial charge in [-0.15, -0.1) is 0 Å². The number of aromatic hydroxyl groups is 1. The molecular weight excluding hydrogens is 228 g/mol. The molecule has 0 amide bonds. The smallest absolute Gasteiger partial charge is 0.341 e. The Morgan fingerprint density at radius 3 is 2.88 bits per heavy atom. The van der Waals surface area contributed by atoms with Crippen LogP contribution in [0.15, 0.2) is 18.2 Å². The van der Waals surface area contributed by atoms with E-state index in [0.29, 0.717) is 11.6 Å². The van der Waals surface area contributed by atoms with E-state index in [1.54, 1.807) is 0 Å². The minimum atomic E-state index is -0.531. The van der Waals surface area contributed by atoms with Gasteiger partial charge in [0.05, 0.1) is 6.61 Å². The number of ether oxygens (including phenoxy) is 1. The van der Waals surface area contributed by atoms with Crippen LogP contribution in [0.5, 0.6) is 5.75 Å². The van der Waals surface area contributed by atoms with Crippen molar-refractivity contribution in [3.8, 4) is 5.75 Å². The lowest BCUT2D eigenvalue weighted by Crippen LogP contribution is -2.06. The van der Waals surface area contributed by atoms with Crippen LogP contribution in [0, 0.1) is 0 Å². The zero-order valence-electron chi connectivity index (χ0n) is 9.20. The van der Waals surface area contributed by atoms with Crippen molar-refractivity contribution in [3.63, 3.8) is 0 Å². The molecule has 0 fully saturated rings. The van der Waals surface area contributed by atoms with Crippen LogP contribution in [0.25, 0.3) is 0 Å². The lowest BCUT2D eigenvalue weighted by atomic mass is 10.2. The van der Waals surface area contributed by atoms with Gasteiger partial charge in [0.25, 0.3) is 0 Å². The van der Waals surface area contributed by atoms with Crippen molar-refractivity contribution in [2.75, 3.05) is 6.61 Å². The first-order chi connectivity index (χ1) is 7.65. The maximum absolute atomic E-state index is 11.5. The first kappa shape index (κ1) is 12.8. The fourth-order valence-corrected chi connectivity index (χ4v) is 1.44. The molecule has 0 radical (unpaired) electrons. The number of unbranched alkanes of at least 4 members (excludes halogenated alkanes) is 2. The van der Waals surface area contributed by atoms with Crippen LogP contribution in [-0.2, 0) is 4.74 Å². The standard InChI is InChI=1S/C12H15ClO3/c1-2-3-4-7-16-12(15)10-8-9(13)5-6-11(10)14/h5-6,8,14H,2-4,7H2,1H3. The summed E-state index contributed by atoms with van der Waals surface area (Å²) in [7, 11) is 0. The number of rotatable bonds is 5. The van der Waals surface area contributed by atoms with Crippen molar-refractivity contribution in [2.24, 2.45) is 0 Å². The van der Waals surface area contributed by atoms with Crippen LogP contribution in [0.2, 0.25) is 5.02 Å². The predicted molar refractivity (Wildman–Crippen MR) is 62.9 cm³/mol. The fourth-order valence-electron chi connectivity index (χ4n) is 1.27. The Kier molecular flexibility index (Phi) is 5.12. The summed E-state index contributed by atoms with van der Waals surface area (Å²) in [5.41, 5.74) is 0.115. The number of hydrogen-bond donors (Lipinski definition) is 1. The molecule has 0 aliphatic heterocycles. The fraction of sp³-hybridized carbons (Fsp3) is 0.417. The summed E-state index contributed by atoms with van der Waals surface area (Å²) in [5.74, 6) is -0.638. The molecule has 4 heteroatoms. The minimum absolute atomic E-state index is 0.107. The average Bonchev–Trinajstić information content (AvgIpc) is 2.27. The number of benzene rings is 1. The van der Waals surface area contributed by atoms with E-state index in [4.69, 9.17) is 16.3 Å². The Labute approximate surface area is 100.0 Å². The van der Waals surface area contributed by atoms with Crippen LogP contribution in [0.4, 0.5) is 0 Å². The summed E-state index contributed by atoms with van der Waals surface area (Å²) in [4.78, 5) is 11.5. The first-order valence-corrected chi connectivity index (χ1v) is 5.68. The Morgan fingerprint density at radius 2 is 2.19 bits per heavy atom. The second kappa shape index (κ2) is 6.38. The monoisotopic (exact) mass is 242 g/mol. The zero-order valence-corrected chi connectivity index (χ0v) is 9.96. The molecule has 0 saturated carbocycles. The van der Waals surface area contributed by atoms with Gasteiger partial charge in [-0.1, -0.05) is 31.4 Å². The third kappa shape index (κ3) is 3.74. The second-order valence-electron chi connectivity index (χ2n) is 3.50. The van der Waals surface area contributed by atoms with Gasteiger partial charge < -0.3 is 9.84 Å². The molecule has 0 bridgehead atoms. The lowest BCUT2D eigenvalue weighted by molar-refractivity contribution is 0.0495. The molecule has 3 nitrogen and oxygen atoms in total. The third-order valence-electron chi connectivity index (χ3n) is 2.16. The van der Waals surface area contributed by atoms with Gasteiger partial charge in [0.15, 0.2) is 0 Å². The number of phenolic OH excluding ortho intramolecular Hbond substituents is 1. The molecule has 1 rings (SSSR count). The van der Waals surface area contributed by atoms with Crippen LogP contribution >= 0.6 is 11.6 Å². The van der Waals surface area contributed by atoms with E-state index < -0.39 is 5.97 Å². The van der Waals surface area contributed by atoms with Crippen molar-refractivity contribution in [1.29, 1.82) is 0 Å². The van der Waals surface area contributed by atoms with Crippen LogP contribution < -0.4 is 0 Å². The number of carbonyl (C=O) groups excluding carboxylic acids is 1. The summed E-state index contributed by atoms with van der Waals surface area (Å²) in [6, 6.07) is 4.30. The average molecular weight is 243 g/mol. The molecular formula is C12H15ClO3. The number of carbonyl (C=O) groups is 1. The highest BCUT2D eigenvalue weighted by molar-refractivity contribution is 6.31. The van der Waals surface area contributed by atoms with Crippen molar-refractivity contribution < 1.29 is 14.6 Å². The molecule has 0 saturated heterocycles. The SMILES string of the molecule is CCCCCOC(=O)c1cc(Cl)ccc1O. The number of phenols is 1. The summed E-state index contributed by atoms with van der Waals surface area (Å²) < 4.78 is 5.01. The van der Waals surface area contributed by atoms with Gasteiger partial charge in [-0.25, -0.2) is 4.79 Å². The highest BCUT2D eigenvalue weighted by Gasteiger charge is 2.12. The number of halogens is 1. The summed E-state index contributed by atoms with van der Waals surface area (Å²) in [6.07, 6.45) is 2.93. The van der Waals surface area contributed by atoms with Crippen molar-refractivity contribution in [1.82, 2.24) is 0 Å². The molecule has 0 atom stereocenters. The molecule has 1 aromatic rings. The molecule has 0 spiro atoms. The molecule has 1 N–H and O–H groups in total. The second-order valence-corrected chi connectivity index (χ2v) is 3.94. The molecule has 0 aliphatic rings. The summed E-state index contributed by atoms with van der Waals surface area (Å²) in [5, 5.41) is 9.85. The lowest BCUT2D eigenvalue weighted by Gasteiger charge is -2.06. The van der Waals surface area contributed by atoms with E-state index in [1.165, 1.54) is 18.2 Å². The van der Waals surface area contributed by atoms with Gasteiger partial charge in [-0.2, -0.15) is 0 Å². The first-order valence-electron chi connectivity index (χ1n) is 5.30. The third-order valence-corrected chi connectivity index (χ3v) is 2.39. The van der Waals surface area contributed by atoms with Crippen LogP contribution in [0.3, 0.4) is 0 Å². The van der Waals surface area contributed by atoms with E-state index >= 15 is 0 Å². The van der Waals surface area contributed by atoms with E-state index in [-0.39, 0.29) is 11.3 Å². The summed E-state index contributed by atoms with van der Waals surface area (Å²) in [6.45, 7) is 2.45. The van der Waals surface area contributed by atoms with E-state index in [2.05, 4.69) is 6.92 Å². The van der Waals surface area contributed by atoms with Gasteiger partial charge in [0.1, 0.15) is 11.3 Å². The quantitative estimate of drug-likeness (QED) is 0.636. The van der Waals surface area contributed by atoms with Gasteiger partial charge in [0.2, 0.25) is 0 Å². The highest BCUT2D eigenvalue weighted by atomic mass is 35.5. The number of esters is 1. The molecule has 0 aromatic heterocycles. The topological polar surface area (TPSA) is 46.5 Å². The Bertz CT molecular complexity index is 363. The predicted octanol–water partition coefficient (Wildman–Crippen LogP) is 3.39. The molecule has 1 aromatic carbocycles. The maximum atomic E-state index is 11.5. The van der Waals surface area contributed by atoms with E-state index in [9.17, 15) is 9.90 Å². The van der Waals surface area contributed by atoms with Gasteiger partial charge in [-0.3, -0.25) is 0 Å². The molecule has 0 heterocycles. The van der Waals surface area contributed by atoms with Gasteiger partial charge >= 0.3 is 5.97 Å². The highest BCUT2D eigenvalue weighted by Crippen LogP contribution is 2.22. The Balaban J connectivity index is 2.55. The Hall–Kier alpha value is -1.22. The van der Waals surface area contributed by atoms with E-state index in [1.807, 2.05) is 0 Å². The summed E-state index contributed by atoms with van der Waals surface area (Å²) >= 11 is 5.73. The largest absolute Gasteiger partial charge is 0.507 e. The van der Waals surface area contributed by atoms with E-state index in [0.717, 1.165) is 19.3 Å². The van der Waals surface area contributed by atoms with Gasteiger partial charge in [-0.05, 0) is 24.6 Å². The van der Waals surface area contributed by atoms with Crippen molar-refractivity contribution in [2.45, 2.75) is 26.2 Å². The molecule has 88 valence electrons. The normalized spacial score (nSPS) is 10.1. The van der Waals surface area contributed by atoms with Crippen molar-refractivity contribution in [3.05, 3.63) is 28.8 Å². The van der Waals surface area contributed by atoms with Crippen molar-refractivity contribution >= 4 is 17.6 Å². The van der Waals surface area contributed by atoms with Crippen LogP contribution in [0.1, 0.15) is 36.5 Å². The van der Waals surface area contributed by atoms with Gasteiger partial charge in [0, 0.05) is 5.02 Å². The van der Waals surface area contributed by atoms with Crippen LogP contribution in [-0.4, -0.2) is 17.7 Å². The Morgan fingerprint density at radius 1 is 1.44 bits per heavy atom. The molecule has 16 heavy (non-hydrogen) atoms. The zero-order chi connectivity index (χ0) is 12.0. The molecule has 0 aliphatic carbocycles. The minimum Gasteiger partial charge on any atom is -0.507 e. The molecule has 0 unspecified atom stereocenters.